The summed E-state index contributed by atoms with van der Waals surface area (Å²) in [5.74, 6) is 0. The van der Waals surface area contributed by atoms with E-state index in [2.05, 4.69) is 28.0 Å². The molecule has 1 aromatic rings. The maximum atomic E-state index is 9.27. The SMILES string of the molecule is Cc1ccc(N2CCN3CCCC3C2)c(C#N)c1. The molecule has 0 aromatic heterocycles. The maximum absolute atomic E-state index is 9.27. The van der Waals surface area contributed by atoms with E-state index in [0.717, 1.165) is 36.4 Å². The van der Waals surface area contributed by atoms with Crippen molar-refractivity contribution in [3.8, 4) is 6.07 Å². The Morgan fingerprint density at radius 1 is 1.28 bits per heavy atom. The van der Waals surface area contributed by atoms with Gasteiger partial charge in [-0.3, -0.25) is 4.90 Å². The molecule has 2 aliphatic rings. The smallest absolute Gasteiger partial charge is 0.101 e. The van der Waals surface area contributed by atoms with Crippen LogP contribution in [0.2, 0.25) is 0 Å². The van der Waals surface area contributed by atoms with Gasteiger partial charge in [0.05, 0.1) is 11.3 Å². The van der Waals surface area contributed by atoms with Crippen LogP contribution in [0, 0.1) is 18.3 Å². The number of anilines is 1. The summed E-state index contributed by atoms with van der Waals surface area (Å²) in [7, 11) is 0. The molecule has 3 heteroatoms. The minimum Gasteiger partial charge on any atom is -0.368 e. The lowest BCUT2D eigenvalue weighted by Gasteiger charge is -2.39. The fourth-order valence-electron chi connectivity index (χ4n) is 3.23. The zero-order valence-electron chi connectivity index (χ0n) is 10.9. The molecule has 2 aliphatic heterocycles. The highest BCUT2D eigenvalue weighted by molar-refractivity contribution is 5.60. The molecule has 2 heterocycles. The van der Waals surface area contributed by atoms with Gasteiger partial charge in [-0.1, -0.05) is 6.07 Å². The Balaban J connectivity index is 1.85. The summed E-state index contributed by atoms with van der Waals surface area (Å²) in [6, 6.07) is 9.25. The van der Waals surface area contributed by atoms with E-state index in [9.17, 15) is 5.26 Å². The molecule has 0 N–H and O–H groups in total. The second kappa shape index (κ2) is 4.62. The fraction of sp³-hybridized carbons (Fsp3) is 0.533. The van der Waals surface area contributed by atoms with E-state index in [1.54, 1.807) is 0 Å². The molecular weight excluding hydrogens is 222 g/mol. The molecule has 94 valence electrons. The maximum Gasteiger partial charge on any atom is 0.101 e. The molecule has 2 fully saturated rings. The molecule has 1 unspecified atom stereocenters. The number of nitrogens with zero attached hydrogens (tertiary/aromatic N) is 3. The standard InChI is InChI=1S/C15H19N3/c1-12-4-5-15(13(9-12)10-16)18-8-7-17-6-2-3-14(17)11-18/h4-5,9,14H,2-3,6-8,11H2,1H3. The average Bonchev–Trinajstić information content (AvgIpc) is 2.85. The molecule has 3 nitrogen and oxygen atoms in total. The summed E-state index contributed by atoms with van der Waals surface area (Å²) in [5, 5.41) is 9.27. The fourth-order valence-corrected chi connectivity index (χ4v) is 3.23. The third-order valence-corrected chi connectivity index (χ3v) is 4.20. The highest BCUT2D eigenvalue weighted by Gasteiger charge is 2.31. The first-order valence-corrected chi connectivity index (χ1v) is 6.77. The van der Waals surface area contributed by atoms with E-state index in [1.165, 1.54) is 19.4 Å². The van der Waals surface area contributed by atoms with Crippen molar-refractivity contribution in [1.29, 1.82) is 5.26 Å². The van der Waals surface area contributed by atoms with Crippen LogP contribution >= 0.6 is 0 Å². The number of aryl methyl sites for hydroxylation is 1. The van der Waals surface area contributed by atoms with Crippen molar-refractivity contribution in [2.75, 3.05) is 31.1 Å². The topological polar surface area (TPSA) is 30.3 Å². The lowest BCUT2D eigenvalue weighted by atomic mass is 10.1. The third kappa shape index (κ3) is 1.97. The van der Waals surface area contributed by atoms with Crippen LogP contribution in [0.4, 0.5) is 5.69 Å². The third-order valence-electron chi connectivity index (χ3n) is 4.20. The van der Waals surface area contributed by atoms with Crippen LogP contribution in [-0.2, 0) is 0 Å². The van der Waals surface area contributed by atoms with Crippen molar-refractivity contribution in [3.63, 3.8) is 0 Å². The van der Waals surface area contributed by atoms with Crippen LogP contribution in [0.1, 0.15) is 24.0 Å². The van der Waals surface area contributed by atoms with E-state index in [1.807, 2.05) is 13.0 Å². The molecule has 2 saturated heterocycles. The van der Waals surface area contributed by atoms with Crippen molar-refractivity contribution in [2.45, 2.75) is 25.8 Å². The number of benzene rings is 1. The van der Waals surface area contributed by atoms with Crippen molar-refractivity contribution in [1.82, 2.24) is 4.90 Å². The van der Waals surface area contributed by atoms with Crippen LogP contribution < -0.4 is 4.90 Å². The normalized spacial score (nSPS) is 23.8. The van der Waals surface area contributed by atoms with E-state index in [4.69, 9.17) is 0 Å². The Hall–Kier alpha value is -1.53. The number of hydrogen-bond acceptors (Lipinski definition) is 3. The van der Waals surface area contributed by atoms with Crippen molar-refractivity contribution in [2.24, 2.45) is 0 Å². The summed E-state index contributed by atoms with van der Waals surface area (Å²) in [6.07, 6.45) is 2.64. The van der Waals surface area contributed by atoms with Crippen molar-refractivity contribution < 1.29 is 0 Å². The highest BCUT2D eigenvalue weighted by atomic mass is 15.3. The molecular formula is C15H19N3. The Morgan fingerprint density at radius 3 is 3.00 bits per heavy atom. The van der Waals surface area contributed by atoms with Gasteiger partial charge in [0.15, 0.2) is 0 Å². The largest absolute Gasteiger partial charge is 0.368 e. The molecule has 0 aliphatic carbocycles. The quantitative estimate of drug-likeness (QED) is 0.754. The number of fused-ring (bicyclic) bond motifs is 1. The molecule has 0 spiro atoms. The molecule has 0 amide bonds. The van der Waals surface area contributed by atoms with Crippen LogP contribution in [0.3, 0.4) is 0 Å². The average molecular weight is 241 g/mol. The predicted octanol–water partition coefficient (Wildman–Crippen LogP) is 2.15. The van der Waals surface area contributed by atoms with Crippen molar-refractivity contribution in [3.05, 3.63) is 29.3 Å². The molecule has 18 heavy (non-hydrogen) atoms. The van der Waals surface area contributed by atoms with Gasteiger partial charge in [0.1, 0.15) is 6.07 Å². The first-order chi connectivity index (χ1) is 8.78. The van der Waals surface area contributed by atoms with Crippen molar-refractivity contribution >= 4 is 5.69 Å². The molecule has 0 radical (unpaired) electrons. The van der Waals surface area contributed by atoms with Gasteiger partial charge in [0.2, 0.25) is 0 Å². The monoisotopic (exact) mass is 241 g/mol. The summed E-state index contributed by atoms with van der Waals surface area (Å²) >= 11 is 0. The lowest BCUT2D eigenvalue weighted by molar-refractivity contribution is 0.231. The van der Waals surface area contributed by atoms with E-state index >= 15 is 0 Å². The minimum atomic E-state index is 0.701. The van der Waals surface area contributed by atoms with Crippen LogP contribution in [0.5, 0.6) is 0 Å². The molecule has 0 bridgehead atoms. The van der Waals surface area contributed by atoms with Gasteiger partial charge < -0.3 is 4.90 Å². The molecule has 1 atom stereocenters. The molecule has 3 rings (SSSR count). The first-order valence-electron chi connectivity index (χ1n) is 6.77. The highest BCUT2D eigenvalue weighted by Crippen LogP contribution is 2.27. The summed E-state index contributed by atoms with van der Waals surface area (Å²) < 4.78 is 0. The second-order valence-electron chi connectivity index (χ2n) is 5.41. The van der Waals surface area contributed by atoms with Gasteiger partial charge in [-0.2, -0.15) is 5.26 Å². The number of piperazine rings is 1. The summed E-state index contributed by atoms with van der Waals surface area (Å²) in [4.78, 5) is 4.99. The zero-order valence-corrected chi connectivity index (χ0v) is 10.9. The zero-order chi connectivity index (χ0) is 12.5. The number of hydrogen-bond donors (Lipinski definition) is 0. The van der Waals surface area contributed by atoms with Gasteiger partial charge in [0, 0.05) is 25.7 Å². The van der Waals surface area contributed by atoms with E-state index in [0.29, 0.717) is 6.04 Å². The molecule has 0 saturated carbocycles. The Bertz CT molecular complexity index is 489. The Labute approximate surface area is 109 Å². The van der Waals surface area contributed by atoms with Gasteiger partial charge in [0.25, 0.3) is 0 Å². The van der Waals surface area contributed by atoms with Gasteiger partial charge >= 0.3 is 0 Å². The summed E-state index contributed by atoms with van der Waals surface area (Å²) in [5.41, 5.74) is 3.10. The Morgan fingerprint density at radius 2 is 2.17 bits per heavy atom. The predicted molar refractivity (Wildman–Crippen MR) is 72.7 cm³/mol. The second-order valence-corrected chi connectivity index (χ2v) is 5.41. The van der Waals surface area contributed by atoms with Gasteiger partial charge in [-0.15, -0.1) is 0 Å². The number of nitriles is 1. The van der Waals surface area contributed by atoms with Crippen LogP contribution in [0.25, 0.3) is 0 Å². The van der Waals surface area contributed by atoms with Gasteiger partial charge in [-0.25, -0.2) is 0 Å². The van der Waals surface area contributed by atoms with E-state index in [-0.39, 0.29) is 0 Å². The van der Waals surface area contributed by atoms with E-state index < -0.39 is 0 Å². The Kier molecular flexibility index (Phi) is 2.97. The van der Waals surface area contributed by atoms with Gasteiger partial charge in [-0.05, 0) is 44.0 Å². The van der Waals surface area contributed by atoms with Crippen LogP contribution in [0.15, 0.2) is 18.2 Å². The minimum absolute atomic E-state index is 0.701. The first kappa shape index (κ1) is 11.6. The molecule has 1 aromatic carbocycles. The lowest BCUT2D eigenvalue weighted by Crippen LogP contribution is -2.50. The van der Waals surface area contributed by atoms with Crippen LogP contribution in [-0.4, -0.2) is 37.1 Å². The number of rotatable bonds is 1. The summed E-state index contributed by atoms with van der Waals surface area (Å²) in [6.45, 7) is 6.58.